The molecule has 0 amide bonds. The van der Waals surface area contributed by atoms with E-state index in [1.165, 1.54) is 12.3 Å². The molecule has 1 rings (SSSR count). The van der Waals surface area contributed by atoms with Crippen molar-refractivity contribution < 1.29 is 18.8 Å². The van der Waals surface area contributed by atoms with E-state index in [0.29, 0.717) is 6.29 Å². The second kappa shape index (κ2) is 2.92. The first-order valence-corrected chi connectivity index (χ1v) is 2.81. The molecule has 0 saturated heterocycles. The molecule has 1 aromatic heterocycles. The Morgan fingerprint density at radius 3 is 2.73 bits per heavy atom. The van der Waals surface area contributed by atoms with Crippen LogP contribution in [0.4, 0.5) is 0 Å². The molecule has 0 aliphatic carbocycles. The van der Waals surface area contributed by atoms with Crippen molar-refractivity contribution in [2.75, 3.05) is 0 Å². The summed E-state index contributed by atoms with van der Waals surface area (Å²) >= 11 is 0. The van der Waals surface area contributed by atoms with Gasteiger partial charge < -0.3 is 4.42 Å². The average Bonchev–Trinajstić information content (AvgIpc) is 2.50. The van der Waals surface area contributed by atoms with Gasteiger partial charge in [-0.05, 0) is 6.07 Å². The first kappa shape index (κ1) is 7.40. The number of rotatable bonds is 3. The lowest BCUT2D eigenvalue weighted by Gasteiger charge is -1.85. The molecule has 0 unspecified atom stereocenters. The fourth-order valence-electron chi connectivity index (χ4n) is 0.666. The Kier molecular flexibility index (Phi) is 1.96. The van der Waals surface area contributed by atoms with Gasteiger partial charge >= 0.3 is 0 Å². The van der Waals surface area contributed by atoms with Crippen LogP contribution in [0.5, 0.6) is 0 Å². The summed E-state index contributed by atoms with van der Waals surface area (Å²) in [5.74, 6) is -1.02. The van der Waals surface area contributed by atoms with Gasteiger partial charge in [-0.2, -0.15) is 0 Å². The van der Waals surface area contributed by atoms with Gasteiger partial charge in [0.25, 0.3) is 5.78 Å². The second-order valence-corrected chi connectivity index (χ2v) is 1.81. The zero-order chi connectivity index (χ0) is 8.27. The lowest BCUT2D eigenvalue weighted by Crippen LogP contribution is -2.00. The van der Waals surface area contributed by atoms with E-state index in [1.54, 1.807) is 0 Å². The first-order valence-electron chi connectivity index (χ1n) is 2.81. The van der Waals surface area contributed by atoms with Crippen LogP contribution in [0.2, 0.25) is 0 Å². The summed E-state index contributed by atoms with van der Waals surface area (Å²) in [6, 6.07) is 1.32. The lowest BCUT2D eigenvalue weighted by atomic mass is 10.2. The fraction of sp³-hybridized carbons (Fsp3) is 0. The van der Waals surface area contributed by atoms with E-state index in [4.69, 9.17) is 0 Å². The van der Waals surface area contributed by atoms with E-state index in [1.807, 2.05) is 0 Å². The van der Waals surface area contributed by atoms with E-state index in [-0.39, 0.29) is 17.6 Å². The van der Waals surface area contributed by atoms with Crippen molar-refractivity contribution in [1.82, 2.24) is 0 Å². The molecule has 0 aliphatic heterocycles. The van der Waals surface area contributed by atoms with Crippen molar-refractivity contribution in [1.29, 1.82) is 0 Å². The zero-order valence-corrected chi connectivity index (χ0v) is 5.44. The number of hydrogen-bond acceptors (Lipinski definition) is 4. The van der Waals surface area contributed by atoms with E-state index < -0.39 is 5.78 Å². The predicted octanol–water partition coefficient (Wildman–Crippen LogP) is 0.474. The Bertz CT molecular complexity index is 297. The Balaban J connectivity index is 3.11. The Hall–Kier alpha value is -1.71. The summed E-state index contributed by atoms with van der Waals surface area (Å²) in [7, 11) is 0. The number of ketones is 1. The van der Waals surface area contributed by atoms with Gasteiger partial charge in [-0.3, -0.25) is 14.4 Å². The highest BCUT2D eigenvalue weighted by molar-refractivity contribution is 6.33. The van der Waals surface area contributed by atoms with E-state index in [0.717, 1.165) is 0 Å². The smallest absolute Gasteiger partial charge is 0.261 e. The molecule has 4 nitrogen and oxygen atoms in total. The second-order valence-electron chi connectivity index (χ2n) is 1.81. The number of aldehydes is 2. The normalized spacial score (nSPS) is 9.09. The standard InChI is InChI=1S/C7H4O4/c8-3-5-1-2-11-7(5)6(10)4-9/h1-4H. The number of hydrogen-bond donors (Lipinski definition) is 0. The van der Waals surface area contributed by atoms with Gasteiger partial charge in [0.1, 0.15) is 0 Å². The number of furan rings is 1. The van der Waals surface area contributed by atoms with Gasteiger partial charge in [-0.25, -0.2) is 0 Å². The van der Waals surface area contributed by atoms with Crippen LogP contribution in [0.15, 0.2) is 16.7 Å². The summed E-state index contributed by atoms with van der Waals surface area (Å²) in [5, 5.41) is 0. The maximum atomic E-state index is 10.6. The van der Waals surface area contributed by atoms with E-state index >= 15 is 0 Å². The maximum absolute atomic E-state index is 10.6. The molecule has 0 saturated carbocycles. The molecule has 56 valence electrons. The quantitative estimate of drug-likeness (QED) is 0.359. The molecule has 0 bridgehead atoms. The molecule has 1 aromatic rings. The summed E-state index contributed by atoms with van der Waals surface area (Å²) < 4.78 is 4.60. The van der Waals surface area contributed by atoms with Crippen LogP contribution >= 0.6 is 0 Å². The molecule has 0 N–H and O–H groups in total. The highest BCUT2D eigenvalue weighted by Crippen LogP contribution is 2.07. The number of Topliss-reactive ketones (excluding diaryl/α,β-unsaturated/α-hetero) is 1. The highest BCUT2D eigenvalue weighted by atomic mass is 16.3. The molecule has 0 atom stereocenters. The molecule has 1 heterocycles. The minimum Gasteiger partial charge on any atom is -0.460 e. The molecule has 11 heavy (non-hydrogen) atoms. The van der Waals surface area contributed by atoms with Crippen molar-refractivity contribution in [2.24, 2.45) is 0 Å². The predicted molar refractivity (Wildman–Crippen MR) is 34.5 cm³/mol. The van der Waals surface area contributed by atoms with Gasteiger partial charge in [-0.15, -0.1) is 0 Å². The third-order valence-electron chi connectivity index (χ3n) is 1.15. The zero-order valence-electron chi connectivity index (χ0n) is 5.44. The van der Waals surface area contributed by atoms with Crippen LogP contribution < -0.4 is 0 Å². The molecule has 4 heteroatoms. The Morgan fingerprint density at radius 1 is 1.45 bits per heavy atom. The first-order chi connectivity index (χ1) is 5.29. The van der Waals surface area contributed by atoms with Gasteiger partial charge in [0.05, 0.1) is 11.8 Å². The molecule has 0 radical (unpaired) electrons. The molecule has 0 aromatic carbocycles. The van der Waals surface area contributed by atoms with Crippen LogP contribution in [0.25, 0.3) is 0 Å². The van der Waals surface area contributed by atoms with Gasteiger partial charge in [0.2, 0.25) is 0 Å². The van der Waals surface area contributed by atoms with Gasteiger partial charge in [0, 0.05) is 0 Å². The van der Waals surface area contributed by atoms with Crippen LogP contribution in [-0.2, 0) is 4.79 Å². The fourth-order valence-corrected chi connectivity index (χ4v) is 0.666. The Morgan fingerprint density at radius 2 is 2.18 bits per heavy atom. The minimum absolute atomic E-state index is 0.0992. The summed E-state index contributed by atoms with van der Waals surface area (Å²) in [5.41, 5.74) is 0.0992. The number of carbonyl (C=O) groups excluding carboxylic acids is 3. The SMILES string of the molecule is O=CC(=O)c1occc1C=O. The van der Waals surface area contributed by atoms with Gasteiger partial charge in [-0.1, -0.05) is 0 Å². The third-order valence-corrected chi connectivity index (χ3v) is 1.15. The van der Waals surface area contributed by atoms with Gasteiger partial charge in [0.15, 0.2) is 18.3 Å². The number of carbonyl (C=O) groups is 3. The molecule has 0 fully saturated rings. The summed E-state index contributed by atoms with van der Waals surface area (Å²) in [4.78, 5) is 30.8. The van der Waals surface area contributed by atoms with Crippen molar-refractivity contribution >= 4 is 18.4 Å². The van der Waals surface area contributed by atoms with E-state index in [2.05, 4.69) is 4.42 Å². The highest BCUT2D eigenvalue weighted by Gasteiger charge is 2.12. The largest absolute Gasteiger partial charge is 0.460 e. The van der Waals surface area contributed by atoms with Crippen LogP contribution in [0.1, 0.15) is 20.9 Å². The van der Waals surface area contributed by atoms with E-state index in [9.17, 15) is 14.4 Å². The van der Waals surface area contributed by atoms with Crippen LogP contribution in [0, 0.1) is 0 Å². The average molecular weight is 152 g/mol. The summed E-state index contributed by atoms with van der Waals surface area (Å²) in [6.07, 6.45) is 1.74. The molecule has 0 spiro atoms. The van der Waals surface area contributed by atoms with Crippen LogP contribution in [-0.4, -0.2) is 18.4 Å². The third kappa shape index (κ3) is 1.24. The molecular formula is C7H4O4. The topological polar surface area (TPSA) is 64.3 Å². The van der Waals surface area contributed by atoms with Crippen molar-refractivity contribution in [3.63, 3.8) is 0 Å². The van der Waals surface area contributed by atoms with Crippen LogP contribution in [0.3, 0.4) is 0 Å². The van der Waals surface area contributed by atoms with Crippen molar-refractivity contribution in [3.8, 4) is 0 Å². The lowest BCUT2D eigenvalue weighted by molar-refractivity contribution is -0.104. The minimum atomic E-state index is -0.822. The monoisotopic (exact) mass is 152 g/mol. The van der Waals surface area contributed by atoms with Crippen molar-refractivity contribution in [3.05, 3.63) is 23.7 Å². The summed E-state index contributed by atoms with van der Waals surface area (Å²) in [6.45, 7) is 0. The Labute approximate surface area is 61.8 Å². The van der Waals surface area contributed by atoms with Crippen molar-refractivity contribution in [2.45, 2.75) is 0 Å². The molecule has 0 aliphatic rings. The molecular weight excluding hydrogens is 148 g/mol. The maximum Gasteiger partial charge on any atom is 0.261 e.